The van der Waals surface area contributed by atoms with Crippen LogP contribution in [0.5, 0.6) is 5.88 Å². The number of ether oxygens (including phenoxy) is 1. The third-order valence-electron chi connectivity index (χ3n) is 3.76. The third-order valence-corrected chi connectivity index (χ3v) is 4.08. The molecule has 1 N–H and O–H groups in total. The standard InChI is InChI=1S/C15H20ClN5O/c1-4-21-13(7-12(20-21)10-5-6-10)17-8-11-14(16)18-9(2)19-15(11)22-3/h7,10,17H,4-6,8H2,1-3H3. The molecule has 118 valence electrons. The molecule has 0 aromatic carbocycles. The van der Waals surface area contributed by atoms with Crippen molar-refractivity contribution in [1.82, 2.24) is 19.7 Å². The quantitative estimate of drug-likeness (QED) is 0.828. The minimum Gasteiger partial charge on any atom is -0.481 e. The normalized spacial score (nSPS) is 14.2. The molecule has 1 fully saturated rings. The molecule has 2 aromatic heterocycles. The molecule has 1 aliphatic rings. The van der Waals surface area contributed by atoms with Crippen molar-refractivity contribution in [2.45, 2.75) is 45.7 Å². The molecule has 0 amide bonds. The number of nitrogens with zero attached hydrogens (tertiary/aromatic N) is 4. The van der Waals surface area contributed by atoms with Gasteiger partial charge in [0.25, 0.3) is 0 Å². The molecule has 0 atom stereocenters. The highest BCUT2D eigenvalue weighted by molar-refractivity contribution is 6.30. The minimum atomic E-state index is 0.418. The fourth-order valence-electron chi connectivity index (χ4n) is 2.43. The predicted octanol–water partition coefficient (Wildman–Crippen LogP) is 3.15. The van der Waals surface area contributed by atoms with Gasteiger partial charge in [0, 0.05) is 25.1 Å². The van der Waals surface area contributed by atoms with E-state index >= 15 is 0 Å². The van der Waals surface area contributed by atoms with Crippen molar-refractivity contribution in [1.29, 1.82) is 0 Å². The van der Waals surface area contributed by atoms with Crippen molar-refractivity contribution in [3.8, 4) is 5.88 Å². The lowest BCUT2D eigenvalue weighted by molar-refractivity contribution is 0.390. The van der Waals surface area contributed by atoms with Crippen molar-refractivity contribution in [2.24, 2.45) is 0 Å². The van der Waals surface area contributed by atoms with E-state index in [1.807, 2.05) is 4.68 Å². The first-order valence-electron chi connectivity index (χ1n) is 7.51. The molecule has 6 nitrogen and oxygen atoms in total. The fraction of sp³-hybridized carbons (Fsp3) is 0.533. The highest BCUT2D eigenvalue weighted by Crippen LogP contribution is 2.40. The Labute approximate surface area is 134 Å². The van der Waals surface area contributed by atoms with Gasteiger partial charge in [0.2, 0.25) is 5.88 Å². The highest BCUT2D eigenvalue weighted by Gasteiger charge is 2.27. The second-order valence-corrected chi connectivity index (χ2v) is 5.81. The van der Waals surface area contributed by atoms with Crippen molar-refractivity contribution in [3.63, 3.8) is 0 Å². The highest BCUT2D eigenvalue weighted by atomic mass is 35.5. The largest absolute Gasteiger partial charge is 0.481 e. The van der Waals surface area contributed by atoms with E-state index in [0.29, 0.717) is 29.3 Å². The Morgan fingerprint density at radius 3 is 2.82 bits per heavy atom. The van der Waals surface area contributed by atoms with Crippen molar-refractivity contribution in [2.75, 3.05) is 12.4 Å². The Hall–Kier alpha value is -1.82. The van der Waals surface area contributed by atoms with Crippen LogP contribution in [0.1, 0.15) is 42.8 Å². The number of anilines is 1. The van der Waals surface area contributed by atoms with Gasteiger partial charge in [0.15, 0.2) is 0 Å². The van der Waals surface area contributed by atoms with E-state index in [2.05, 4.69) is 33.4 Å². The summed E-state index contributed by atoms with van der Waals surface area (Å²) in [5, 5.41) is 8.43. The average Bonchev–Trinajstić information content (AvgIpc) is 3.26. The predicted molar refractivity (Wildman–Crippen MR) is 85.5 cm³/mol. The summed E-state index contributed by atoms with van der Waals surface area (Å²) in [6, 6.07) is 2.12. The van der Waals surface area contributed by atoms with E-state index in [9.17, 15) is 0 Å². The lowest BCUT2D eigenvalue weighted by atomic mass is 10.3. The van der Waals surface area contributed by atoms with E-state index in [1.165, 1.54) is 18.5 Å². The summed E-state index contributed by atoms with van der Waals surface area (Å²) in [4.78, 5) is 8.46. The van der Waals surface area contributed by atoms with Crippen LogP contribution >= 0.6 is 11.6 Å². The minimum absolute atomic E-state index is 0.418. The molecule has 1 aliphatic carbocycles. The Kier molecular flexibility index (Phi) is 4.20. The number of rotatable bonds is 6. The zero-order chi connectivity index (χ0) is 15.7. The molecule has 0 aliphatic heterocycles. The number of halogens is 1. The van der Waals surface area contributed by atoms with Gasteiger partial charge in [0.05, 0.1) is 18.4 Å². The zero-order valence-corrected chi connectivity index (χ0v) is 13.8. The Morgan fingerprint density at radius 1 is 1.41 bits per heavy atom. The van der Waals surface area contributed by atoms with E-state index < -0.39 is 0 Å². The summed E-state index contributed by atoms with van der Waals surface area (Å²) >= 11 is 6.23. The molecule has 0 bridgehead atoms. The molecule has 1 saturated carbocycles. The summed E-state index contributed by atoms with van der Waals surface area (Å²) in [6.45, 7) is 5.19. The zero-order valence-electron chi connectivity index (χ0n) is 13.1. The second-order valence-electron chi connectivity index (χ2n) is 5.45. The van der Waals surface area contributed by atoms with E-state index in [4.69, 9.17) is 16.3 Å². The molecule has 2 heterocycles. The van der Waals surface area contributed by atoms with Crippen LogP contribution in [0.15, 0.2) is 6.07 Å². The second kappa shape index (κ2) is 6.12. The number of hydrogen-bond acceptors (Lipinski definition) is 5. The van der Waals surface area contributed by atoms with Crippen LogP contribution in [0.2, 0.25) is 5.15 Å². The molecule has 3 rings (SSSR count). The van der Waals surface area contributed by atoms with Gasteiger partial charge in [-0.25, -0.2) is 9.67 Å². The lowest BCUT2D eigenvalue weighted by Crippen LogP contribution is -2.10. The summed E-state index contributed by atoms with van der Waals surface area (Å²) in [5.74, 6) is 2.73. The van der Waals surface area contributed by atoms with Crippen molar-refractivity contribution in [3.05, 3.63) is 28.3 Å². The van der Waals surface area contributed by atoms with Crippen LogP contribution < -0.4 is 10.1 Å². The first kappa shape index (κ1) is 15.1. The summed E-state index contributed by atoms with van der Waals surface area (Å²) in [6.07, 6.45) is 2.48. The molecular formula is C15H20ClN5O. The number of methoxy groups -OCH3 is 1. The van der Waals surface area contributed by atoms with Gasteiger partial charge in [-0.3, -0.25) is 0 Å². The molecule has 0 saturated heterocycles. The van der Waals surface area contributed by atoms with Crippen LogP contribution in [-0.2, 0) is 13.1 Å². The Balaban J connectivity index is 1.80. The van der Waals surface area contributed by atoms with Gasteiger partial charge in [-0.2, -0.15) is 10.1 Å². The van der Waals surface area contributed by atoms with Crippen LogP contribution in [0.4, 0.5) is 5.82 Å². The molecule has 22 heavy (non-hydrogen) atoms. The van der Waals surface area contributed by atoms with Gasteiger partial charge >= 0.3 is 0 Å². The molecular weight excluding hydrogens is 302 g/mol. The number of aromatic nitrogens is 4. The lowest BCUT2D eigenvalue weighted by Gasteiger charge is -2.12. The number of hydrogen-bond donors (Lipinski definition) is 1. The molecule has 2 aromatic rings. The number of nitrogens with one attached hydrogen (secondary N) is 1. The summed E-state index contributed by atoms with van der Waals surface area (Å²) < 4.78 is 7.28. The third kappa shape index (κ3) is 3.02. The van der Waals surface area contributed by atoms with E-state index in [1.54, 1.807) is 14.0 Å². The van der Waals surface area contributed by atoms with Gasteiger partial charge in [0.1, 0.15) is 16.8 Å². The van der Waals surface area contributed by atoms with Gasteiger partial charge < -0.3 is 10.1 Å². The first-order chi connectivity index (χ1) is 10.6. The van der Waals surface area contributed by atoms with Crippen molar-refractivity contribution >= 4 is 17.4 Å². The first-order valence-corrected chi connectivity index (χ1v) is 7.88. The smallest absolute Gasteiger partial charge is 0.222 e. The molecule has 0 unspecified atom stereocenters. The van der Waals surface area contributed by atoms with Crippen LogP contribution in [0.25, 0.3) is 0 Å². The molecule has 0 radical (unpaired) electrons. The fourth-order valence-corrected chi connectivity index (χ4v) is 2.70. The van der Waals surface area contributed by atoms with Crippen LogP contribution in [0, 0.1) is 6.92 Å². The number of aryl methyl sites for hydroxylation is 2. The van der Waals surface area contributed by atoms with Gasteiger partial charge in [-0.05, 0) is 26.7 Å². The molecule has 0 spiro atoms. The average molecular weight is 322 g/mol. The van der Waals surface area contributed by atoms with Gasteiger partial charge in [-0.15, -0.1) is 0 Å². The SMILES string of the molecule is CCn1nc(C2CC2)cc1NCc1c(Cl)nc(C)nc1OC. The van der Waals surface area contributed by atoms with E-state index in [-0.39, 0.29) is 0 Å². The Morgan fingerprint density at radius 2 is 2.18 bits per heavy atom. The topological polar surface area (TPSA) is 64.9 Å². The monoisotopic (exact) mass is 321 g/mol. The summed E-state index contributed by atoms with van der Waals surface area (Å²) in [5.41, 5.74) is 1.93. The van der Waals surface area contributed by atoms with Crippen molar-refractivity contribution < 1.29 is 4.74 Å². The summed E-state index contributed by atoms with van der Waals surface area (Å²) in [7, 11) is 1.59. The van der Waals surface area contributed by atoms with Crippen LogP contribution in [-0.4, -0.2) is 26.9 Å². The van der Waals surface area contributed by atoms with Crippen LogP contribution in [0.3, 0.4) is 0 Å². The van der Waals surface area contributed by atoms with E-state index in [0.717, 1.165) is 17.9 Å². The maximum Gasteiger partial charge on any atom is 0.222 e. The maximum absolute atomic E-state index is 6.23. The molecule has 7 heteroatoms. The Bertz CT molecular complexity index is 681. The maximum atomic E-state index is 6.23. The van der Waals surface area contributed by atoms with Gasteiger partial charge in [-0.1, -0.05) is 11.6 Å².